The summed E-state index contributed by atoms with van der Waals surface area (Å²) < 4.78 is 19.5. The van der Waals surface area contributed by atoms with Gasteiger partial charge in [0.2, 0.25) is 5.95 Å². The van der Waals surface area contributed by atoms with Crippen molar-refractivity contribution < 1.29 is 9.13 Å². The Morgan fingerprint density at radius 2 is 1.89 bits per heavy atom. The molecule has 0 bridgehead atoms. The summed E-state index contributed by atoms with van der Waals surface area (Å²) in [5, 5.41) is 7.98. The number of ether oxygens (including phenoxy) is 1. The normalized spacial score (nSPS) is 13.5. The summed E-state index contributed by atoms with van der Waals surface area (Å²) in [6.07, 6.45) is 7.57. The van der Waals surface area contributed by atoms with Gasteiger partial charge in [0, 0.05) is 35.7 Å². The zero-order valence-electron chi connectivity index (χ0n) is 21.4. The number of morpholine rings is 1. The second-order valence-corrected chi connectivity index (χ2v) is 8.40. The molecule has 3 heterocycles. The fourth-order valence-corrected chi connectivity index (χ4v) is 3.60. The summed E-state index contributed by atoms with van der Waals surface area (Å²) in [5.41, 5.74) is 6.62. The van der Waals surface area contributed by atoms with Gasteiger partial charge in [-0.05, 0) is 49.7 Å². The highest BCUT2D eigenvalue weighted by atomic mass is 35.5. The van der Waals surface area contributed by atoms with Crippen LogP contribution < -0.4 is 15.6 Å². The number of aromatic nitrogens is 3. The lowest BCUT2D eigenvalue weighted by atomic mass is 10.1. The molecule has 1 fully saturated rings. The summed E-state index contributed by atoms with van der Waals surface area (Å²) in [4.78, 5) is 18.6. The van der Waals surface area contributed by atoms with Crippen LogP contribution in [0.2, 0.25) is 5.02 Å². The van der Waals surface area contributed by atoms with Crippen molar-refractivity contribution in [2.45, 2.75) is 13.8 Å². The molecule has 11 heteroatoms. The lowest BCUT2D eigenvalue weighted by Gasteiger charge is -2.27. The number of anilines is 4. The maximum Gasteiger partial charge on any atom is 0.245 e. The molecular weight excluding hydrogens is 507 g/mol. The molecule has 0 amide bonds. The van der Waals surface area contributed by atoms with Gasteiger partial charge < -0.3 is 15.0 Å². The third-order valence-corrected chi connectivity index (χ3v) is 5.29. The minimum atomic E-state index is -0.485. The maximum absolute atomic E-state index is 14.1. The van der Waals surface area contributed by atoms with Gasteiger partial charge in [-0.25, -0.2) is 14.8 Å². The number of benzene rings is 1. The second-order valence-electron chi connectivity index (χ2n) is 7.97. The van der Waals surface area contributed by atoms with Crippen LogP contribution in [0.5, 0.6) is 0 Å². The van der Waals surface area contributed by atoms with Crippen LogP contribution in [0.1, 0.15) is 25.1 Å². The van der Waals surface area contributed by atoms with Crippen LogP contribution >= 0.6 is 11.6 Å². The summed E-state index contributed by atoms with van der Waals surface area (Å²) in [6.45, 7) is 13.0. The molecule has 198 valence electrons. The highest BCUT2D eigenvalue weighted by molar-refractivity contribution is 6.31. The first kappa shape index (κ1) is 28.4. The van der Waals surface area contributed by atoms with Gasteiger partial charge in [-0.1, -0.05) is 24.3 Å². The highest BCUT2D eigenvalue weighted by Gasteiger charge is 2.17. The predicted octanol–water partition coefficient (Wildman–Crippen LogP) is 5.84. The molecule has 0 unspecified atom stereocenters. The number of rotatable bonds is 8. The van der Waals surface area contributed by atoms with Crippen LogP contribution in [-0.2, 0) is 4.74 Å². The minimum absolute atomic E-state index is 0.189. The summed E-state index contributed by atoms with van der Waals surface area (Å²) in [7, 11) is 0. The molecule has 1 aliphatic heterocycles. The number of nitrogens with zero attached hydrogens (tertiary/aromatic N) is 6. The molecule has 4 rings (SSSR count). The van der Waals surface area contributed by atoms with Gasteiger partial charge in [-0.3, -0.25) is 9.98 Å². The van der Waals surface area contributed by atoms with Crippen molar-refractivity contribution in [1.29, 1.82) is 0 Å². The smallest absolute Gasteiger partial charge is 0.245 e. The molecule has 0 aliphatic carbocycles. The molecule has 0 radical (unpaired) electrons. The van der Waals surface area contributed by atoms with E-state index in [1.165, 1.54) is 12.4 Å². The second kappa shape index (κ2) is 14.6. The molecule has 2 N–H and O–H groups in total. The van der Waals surface area contributed by atoms with Crippen LogP contribution in [0, 0.1) is 5.82 Å². The molecule has 2 aromatic heterocycles. The number of hydrogen-bond acceptors (Lipinski definition) is 9. The van der Waals surface area contributed by atoms with E-state index in [4.69, 9.17) is 16.3 Å². The zero-order valence-corrected chi connectivity index (χ0v) is 22.1. The number of hydrogen-bond donors (Lipinski definition) is 2. The van der Waals surface area contributed by atoms with Gasteiger partial charge >= 0.3 is 0 Å². The molecule has 1 aromatic carbocycles. The minimum Gasteiger partial charge on any atom is -0.378 e. The number of hydrazone groups is 1. The number of nitrogens with one attached hydrogen (secondary N) is 2. The van der Waals surface area contributed by atoms with E-state index in [2.05, 4.69) is 48.9 Å². The van der Waals surface area contributed by atoms with Gasteiger partial charge in [0.25, 0.3) is 0 Å². The number of aliphatic imine (C=N–C) groups is 1. The molecule has 0 spiro atoms. The van der Waals surface area contributed by atoms with Crippen molar-refractivity contribution in [1.82, 2.24) is 15.0 Å². The Bertz CT molecular complexity index is 1290. The summed E-state index contributed by atoms with van der Waals surface area (Å²) in [6, 6.07) is 9.27. The third-order valence-electron chi connectivity index (χ3n) is 5.07. The third kappa shape index (κ3) is 8.46. The predicted molar refractivity (Wildman–Crippen MR) is 153 cm³/mol. The SMILES string of the molecule is C=CC.C=CN=C(C)c1cc(Cl)cc(Nc2ccc(/C=N/Nc3ncc(F)c(N4CCOCC4)n3)nc2)c1. The Kier molecular flexibility index (Phi) is 10.9. The Labute approximate surface area is 226 Å². The van der Waals surface area contributed by atoms with Crippen LogP contribution in [-0.4, -0.2) is 53.2 Å². The van der Waals surface area contributed by atoms with Crippen molar-refractivity contribution in [3.8, 4) is 0 Å². The largest absolute Gasteiger partial charge is 0.378 e. The van der Waals surface area contributed by atoms with Crippen LogP contribution in [0.15, 0.2) is 78.3 Å². The van der Waals surface area contributed by atoms with E-state index >= 15 is 0 Å². The van der Waals surface area contributed by atoms with E-state index in [0.717, 1.165) is 28.8 Å². The van der Waals surface area contributed by atoms with Crippen molar-refractivity contribution in [2.24, 2.45) is 10.1 Å². The quantitative estimate of drug-likeness (QED) is 0.212. The first-order valence-electron chi connectivity index (χ1n) is 11.8. The first-order chi connectivity index (χ1) is 18.4. The molecule has 38 heavy (non-hydrogen) atoms. The Morgan fingerprint density at radius 3 is 2.58 bits per heavy atom. The van der Waals surface area contributed by atoms with Crippen molar-refractivity contribution >= 4 is 46.7 Å². The molecule has 0 saturated carbocycles. The fourth-order valence-electron chi connectivity index (χ4n) is 3.37. The van der Waals surface area contributed by atoms with Gasteiger partial charge in [0.15, 0.2) is 11.6 Å². The number of allylic oxidation sites excluding steroid dienone is 1. The maximum atomic E-state index is 14.1. The molecule has 1 saturated heterocycles. The first-order valence-corrected chi connectivity index (χ1v) is 12.2. The monoisotopic (exact) mass is 536 g/mol. The van der Waals surface area contributed by atoms with E-state index in [-0.39, 0.29) is 11.8 Å². The average molecular weight is 537 g/mol. The molecule has 1 aliphatic rings. The van der Waals surface area contributed by atoms with Crippen LogP contribution in [0.3, 0.4) is 0 Å². The Morgan fingerprint density at radius 1 is 1.13 bits per heavy atom. The van der Waals surface area contributed by atoms with E-state index in [1.54, 1.807) is 18.3 Å². The highest BCUT2D eigenvalue weighted by Crippen LogP contribution is 2.23. The van der Waals surface area contributed by atoms with Gasteiger partial charge in [-0.15, -0.1) is 6.58 Å². The standard InChI is InChI=1S/C24H24ClFN8O.C3H6/c1-3-27-16(2)17-10-18(25)12-21(11-17)31-20-5-4-19(28-13-20)14-30-33-24-29-15-22(26)23(32-24)34-6-8-35-9-7-34;1-3-2/h3-5,10-15,31H,1,6-9H2,2H3,(H,29,32,33);3H,1H2,2H3/b27-16?,30-14+;. The van der Waals surface area contributed by atoms with Gasteiger partial charge in [0.1, 0.15) is 0 Å². The molecule has 0 atom stereocenters. The molecule has 9 nitrogen and oxygen atoms in total. The lowest BCUT2D eigenvalue weighted by Crippen LogP contribution is -2.37. The van der Waals surface area contributed by atoms with Crippen molar-refractivity contribution in [2.75, 3.05) is 41.9 Å². The lowest BCUT2D eigenvalue weighted by molar-refractivity contribution is 0.122. The zero-order chi connectivity index (χ0) is 27.3. The fraction of sp³-hybridized carbons (Fsp3) is 0.222. The van der Waals surface area contributed by atoms with Crippen LogP contribution in [0.25, 0.3) is 0 Å². The van der Waals surface area contributed by atoms with E-state index in [1.807, 2.05) is 43.0 Å². The average Bonchev–Trinajstić information content (AvgIpc) is 2.91. The topological polar surface area (TPSA) is 99.9 Å². The summed E-state index contributed by atoms with van der Waals surface area (Å²) in [5.74, 6) is -0.0691. The van der Waals surface area contributed by atoms with E-state index in [9.17, 15) is 4.39 Å². The van der Waals surface area contributed by atoms with E-state index in [0.29, 0.717) is 37.0 Å². The van der Waals surface area contributed by atoms with E-state index < -0.39 is 5.82 Å². The van der Waals surface area contributed by atoms with Crippen molar-refractivity contribution in [3.05, 3.63) is 90.3 Å². The van der Waals surface area contributed by atoms with Gasteiger partial charge in [-0.2, -0.15) is 10.1 Å². The number of halogens is 2. The molecular formula is C27H30ClFN8O. The molecule has 3 aromatic rings. The van der Waals surface area contributed by atoms with Gasteiger partial charge in [0.05, 0.1) is 43.2 Å². The Balaban J connectivity index is 0.00000127. The Hall–Kier alpha value is -4.15. The summed E-state index contributed by atoms with van der Waals surface area (Å²) >= 11 is 6.26. The van der Waals surface area contributed by atoms with Crippen LogP contribution in [0.4, 0.5) is 27.5 Å². The van der Waals surface area contributed by atoms with Crippen molar-refractivity contribution in [3.63, 3.8) is 0 Å². The number of pyridine rings is 1.